The Morgan fingerprint density at radius 2 is 2.00 bits per heavy atom. The summed E-state index contributed by atoms with van der Waals surface area (Å²) in [5.41, 5.74) is 5.00. The molecule has 1 unspecified atom stereocenters. The first kappa shape index (κ1) is 14.6. The summed E-state index contributed by atoms with van der Waals surface area (Å²) >= 11 is 4.34. The average molecular weight is 243 g/mol. The van der Waals surface area contributed by atoms with Crippen LogP contribution in [0.25, 0.3) is 0 Å². The number of halogens is 3. The highest BCUT2D eigenvalue weighted by molar-refractivity contribution is 7.80. The minimum Gasteiger partial charge on any atom is -0.393 e. The summed E-state index contributed by atoms with van der Waals surface area (Å²) in [6.45, 7) is 1.86. The Labute approximate surface area is 93.0 Å². The fraction of sp³-hybridized carbons (Fsp3) is 0.889. The Morgan fingerprint density at radius 1 is 1.40 bits per heavy atom. The maximum atomic E-state index is 12.3. The smallest absolute Gasteiger partial charge is 0.393 e. The number of ether oxygens (including phenoxy) is 1. The van der Waals surface area contributed by atoms with E-state index in [1.165, 1.54) is 0 Å². The van der Waals surface area contributed by atoms with Crippen LogP contribution in [0.15, 0.2) is 0 Å². The van der Waals surface area contributed by atoms with Crippen molar-refractivity contribution in [1.29, 1.82) is 0 Å². The van der Waals surface area contributed by atoms with E-state index in [1.54, 1.807) is 0 Å². The first-order valence-corrected chi connectivity index (χ1v) is 5.24. The summed E-state index contributed by atoms with van der Waals surface area (Å²) in [5, 5.41) is 0. The largest absolute Gasteiger partial charge is 0.400 e. The molecule has 0 saturated carbocycles. The molecule has 2 N–H and O–H groups in total. The molecule has 0 amide bonds. The van der Waals surface area contributed by atoms with Crippen molar-refractivity contribution in [2.45, 2.75) is 32.4 Å². The lowest BCUT2D eigenvalue weighted by Gasteiger charge is -2.18. The Kier molecular flexibility index (Phi) is 6.84. The van der Waals surface area contributed by atoms with Gasteiger partial charge >= 0.3 is 6.18 Å². The molecule has 90 valence electrons. The van der Waals surface area contributed by atoms with Gasteiger partial charge in [0.05, 0.1) is 11.6 Å². The number of hydrogen-bond donors (Lipinski definition) is 1. The van der Waals surface area contributed by atoms with Crippen LogP contribution in [-0.2, 0) is 4.74 Å². The maximum absolute atomic E-state index is 12.3. The van der Waals surface area contributed by atoms with Gasteiger partial charge in [-0.05, 0) is 6.42 Å². The third kappa shape index (κ3) is 6.67. The minimum atomic E-state index is -4.41. The highest BCUT2D eigenvalue weighted by Gasteiger charge is 2.41. The molecule has 15 heavy (non-hydrogen) atoms. The van der Waals surface area contributed by atoms with Gasteiger partial charge in [0.25, 0.3) is 0 Å². The first-order chi connectivity index (χ1) is 6.89. The second-order valence-corrected chi connectivity index (χ2v) is 3.75. The van der Waals surface area contributed by atoms with Crippen LogP contribution in [-0.4, -0.2) is 24.4 Å². The minimum absolute atomic E-state index is 0.322. The van der Waals surface area contributed by atoms with E-state index in [2.05, 4.69) is 12.2 Å². The SMILES string of the molecule is CCCCCOCC(C(N)=S)C(F)(F)F. The molecule has 0 aliphatic carbocycles. The van der Waals surface area contributed by atoms with E-state index in [1.807, 2.05) is 6.92 Å². The van der Waals surface area contributed by atoms with Crippen molar-refractivity contribution < 1.29 is 17.9 Å². The van der Waals surface area contributed by atoms with E-state index in [9.17, 15) is 13.2 Å². The van der Waals surface area contributed by atoms with Crippen molar-refractivity contribution in [3.05, 3.63) is 0 Å². The van der Waals surface area contributed by atoms with Crippen molar-refractivity contribution in [2.24, 2.45) is 11.7 Å². The first-order valence-electron chi connectivity index (χ1n) is 4.83. The van der Waals surface area contributed by atoms with Crippen molar-refractivity contribution >= 4 is 17.2 Å². The van der Waals surface area contributed by atoms with E-state index < -0.39 is 23.7 Å². The Balaban J connectivity index is 3.84. The standard InChI is InChI=1S/C9H16F3NOS/c1-2-3-4-5-14-6-7(8(13)15)9(10,11)12/h7H,2-6H2,1H3,(H2,13,15). The van der Waals surface area contributed by atoms with Crippen molar-refractivity contribution in [2.75, 3.05) is 13.2 Å². The van der Waals surface area contributed by atoms with Crippen molar-refractivity contribution in [3.63, 3.8) is 0 Å². The Bertz CT molecular complexity index is 196. The number of alkyl halides is 3. The predicted octanol–water partition coefficient (Wildman–Crippen LogP) is 2.66. The quantitative estimate of drug-likeness (QED) is 0.551. The van der Waals surface area contributed by atoms with Gasteiger partial charge in [0.2, 0.25) is 0 Å². The third-order valence-electron chi connectivity index (χ3n) is 1.92. The molecule has 0 aromatic carbocycles. The van der Waals surface area contributed by atoms with Gasteiger partial charge in [0, 0.05) is 6.61 Å². The number of unbranched alkanes of at least 4 members (excludes halogenated alkanes) is 2. The number of rotatable bonds is 7. The van der Waals surface area contributed by atoms with E-state index >= 15 is 0 Å². The molecule has 0 aromatic rings. The monoisotopic (exact) mass is 243 g/mol. The zero-order chi connectivity index (χ0) is 11.9. The lowest BCUT2D eigenvalue weighted by atomic mass is 10.1. The molecular formula is C9H16F3NOS. The second-order valence-electron chi connectivity index (χ2n) is 3.28. The third-order valence-corrected chi connectivity index (χ3v) is 2.20. The zero-order valence-electron chi connectivity index (χ0n) is 8.64. The van der Waals surface area contributed by atoms with Crippen molar-refractivity contribution in [3.8, 4) is 0 Å². The van der Waals surface area contributed by atoms with Gasteiger partial charge in [0.15, 0.2) is 0 Å². The second kappa shape index (κ2) is 7.00. The molecule has 0 rings (SSSR count). The van der Waals surface area contributed by atoms with Gasteiger partial charge in [-0.3, -0.25) is 0 Å². The zero-order valence-corrected chi connectivity index (χ0v) is 9.46. The van der Waals surface area contributed by atoms with E-state index in [-0.39, 0.29) is 0 Å². The Hall–Kier alpha value is -0.360. The van der Waals surface area contributed by atoms with Crippen LogP contribution >= 0.6 is 12.2 Å². The molecule has 0 aliphatic heterocycles. The van der Waals surface area contributed by atoms with Gasteiger partial charge in [-0.25, -0.2) is 0 Å². The average Bonchev–Trinajstić information content (AvgIpc) is 2.08. The van der Waals surface area contributed by atoms with Crippen LogP contribution in [0.4, 0.5) is 13.2 Å². The molecule has 6 heteroatoms. The highest BCUT2D eigenvalue weighted by atomic mass is 32.1. The molecule has 0 fully saturated rings. The predicted molar refractivity (Wildman–Crippen MR) is 56.7 cm³/mol. The Morgan fingerprint density at radius 3 is 2.40 bits per heavy atom. The summed E-state index contributed by atoms with van der Waals surface area (Å²) in [5.74, 6) is -1.82. The van der Waals surface area contributed by atoms with Gasteiger partial charge in [-0.1, -0.05) is 32.0 Å². The molecule has 0 heterocycles. The van der Waals surface area contributed by atoms with Crippen LogP contribution in [0, 0.1) is 5.92 Å². The highest BCUT2D eigenvalue weighted by Crippen LogP contribution is 2.26. The molecule has 0 aliphatic rings. The summed E-state index contributed by atoms with van der Waals surface area (Å²) in [7, 11) is 0. The molecule has 0 bridgehead atoms. The summed E-state index contributed by atoms with van der Waals surface area (Å²) in [6, 6.07) is 0. The van der Waals surface area contributed by atoms with Crippen molar-refractivity contribution in [1.82, 2.24) is 0 Å². The molecule has 0 spiro atoms. The number of nitrogens with two attached hydrogens (primary N) is 1. The normalized spacial score (nSPS) is 13.9. The molecular weight excluding hydrogens is 227 g/mol. The number of thiocarbonyl (C=S) groups is 1. The topological polar surface area (TPSA) is 35.2 Å². The van der Waals surface area contributed by atoms with Crippen LogP contribution in [0.1, 0.15) is 26.2 Å². The van der Waals surface area contributed by atoms with Gasteiger partial charge in [-0.15, -0.1) is 0 Å². The number of hydrogen-bond acceptors (Lipinski definition) is 2. The van der Waals surface area contributed by atoms with E-state index in [0.29, 0.717) is 6.61 Å². The summed E-state index contributed by atoms with van der Waals surface area (Å²) in [6.07, 6.45) is -1.69. The fourth-order valence-corrected chi connectivity index (χ4v) is 1.19. The van der Waals surface area contributed by atoms with Crippen LogP contribution < -0.4 is 5.73 Å². The fourth-order valence-electron chi connectivity index (χ4n) is 0.993. The lowest BCUT2D eigenvalue weighted by Crippen LogP contribution is -2.37. The van der Waals surface area contributed by atoms with E-state index in [0.717, 1.165) is 19.3 Å². The molecule has 2 nitrogen and oxygen atoms in total. The summed E-state index contributed by atoms with van der Waals surface area (Å²) in [4.78, 5) is -0.557. The van der Waals surface area contributed by atoms with Crippen LogP contribution in [0.5, 0.6) is 0 Å². The van der Waals surface area contributed by atoms with Crippen LogP contribution in [0.3, 0.4) is 0 Å². The van der Waals surface area contributed by atoms with Gasteiger partial charge in [0.1, 0.15) is 5.92 Å². The van der Waals surface area contributed by atoms with Gasteiger partial charge < -0.3 is 10.5 Å². The summed E-state index contributed by atoms with van der Waals surface area (Å²) < 4.78 is 41.8. The van der Waals surface area contributed by atoms with Crippen LogP contribution in [0.2, 0.25) is 0 Å². The molecule has 0 aromatic heterocycles. The van der Waals surface area contributed by atoms with Gasteiger partial charge in [-0.2, -0.15) is 13.2 Å². The van der Waals surface area contributed by atoms with E-state index in [4.69, 9.17) is 10.5 Å². The molecule has 0 saturated heterocycles. The lowest BCUT2D eigenvalue weighted by molar-refractivity contribution is -0.167. The maximum Gasteiger partial charge on any atom is 0.400 e. The molecule has 1 atom stereocenters. The molecule has 0 radical (unpaired) electrons.